The Morgan fingerprint density at radius 2 is 1.80 bits per heavy atom. The van der Waals surface area contributed by atoms with Gasteiger partial charge >= 0.3 is 17.8 Å². The minimum Gasteiger partial charge on any atom is -0.465 e. The molecule has 2 aromatic carbocycles. The Morgan fingerprint density at radius 3 is 2.44 bits per heavy atom. The monoisotopic (exact) mass is 343 g/mol. The van der Waals surface area contributed by atoms with Crippen LogP contribution in [0.2, 0.25) is 0 Å². The third-order valence-corrected chi connectivity index (χ3v) is 3.00. The molecule has 25 heavy (non-hydrogen) atoms. The van der Waals surface area contributed by atoms with Crippen LogP contribution in [0.5, 0.6) is 0 Å². The largest absolute Gasteiger partial charge is 0.465 e. The Balaban J connectivity index is 1.89. The first kappa shape index (κ1) is 17.8. The predicted molar refractivity (Wildman–Crippen MR) is 88.5 cm³/mol. The highest BCUT2D eigenvalue weighted by Crippen LogP contribution is 2.10. The van der Waals surface area contributed by atoms with Gasteiger partial charge in [0.2, 0.25) is 0 Å². The number of benzene rings is 2. The SMILES string of the molecule is COC(=O)c1ccc(NC(=O)C(=O)N/N=C/c2cccc(F)c2)cc1. The number of carbonyl (C=O) groups is 3. The second kappa shape index (κ2) is 8.34. The molecule has 0 unspecified atom stereocenters. The lowest BCUT2D eigenvalue weighted by Gasteiger charge is -2.05. The van der Waals surface area contributed by atoms with Crippen LogP contribution in [-0.4, -0.2) is 31.1 Å². The number of nitrogens with zero attached hydrogens (tertiary/aromatic N) is 1. The van der Waals surface area contributed by atoms with Gasteiger partial charge in [-0.2, -0.15) is 5.10 Å². The lowest BCUT2D eigenvalue weighted by Crippen LogP contribution is -2.32. The fourth-order valence-electron chi connectivity index (χ4n) is 1.80. The molecular weight excluding hydrogens is 329 g/mol. The second-order valence-electron chi connectivity index (χ2n) is 4.78. The van der Waals surface area contributed by atoms with Crippen molar-refractivity contribution in [1.29, 1.82) is 0 Å². The molecule has 0 bridgehead atoms. The van der Waals surface area contributed by atoms with Crippen LogP contribution < -0.4 is 10.7 Å². The summed E-state index contributed by atoms with van der Waals surface area (Å²) < 4.78 is 17.5. The number of anilines is 1. The van der Waals surface area contributed by atoms with Crippen molar-refractivity contribution in [2.45, 2.75) is 0 Å². The average Bonchev–Trinajstić information content (AvgIpc) is 2.61. The van der Waals surface area contributed by atoms with E-state index in [1.165, 1.54) is 55.8 Å². The van der Waals surface area contributed by atoms with Crippen LogP contribution in [-0.2, 0) is 14.3 Å². The van der Waals surface area contributed by atoms with E-state index < -0.39 is 23.6 Å². The molecule has 0 aliphatic heterocycles. The van der Waals surface area contributed by atoms with Gasteiger partial charge in [-0.15, -0.1) is 0 Å². The summed E-state index contributed by atoms with van der Waals surface area (Å²) >= 11 is 0. The molecule has 0 atom stereocenters. The molecule has 2 amide bonds. The molecule has 0 radical (unpaired) electrons. The topological polar surface area (TPSA) is 96.9 Å². The molecule has 2 N–H and O–H groups in total. The summed E-state index contributed by atoms with van der Waals surface area (Å²) in [6.45, 7) is 0. The molecule has 0 aliphatic rings. The summed E-state index contributed by atoms with van der Waals surface area (Å²) in [6.07, 6.45) is 1.21. The van der Waals surface area contributed by atoms with Gasteiger partial charge in [-0.3, -0.25) is 9.59 Å². The maximum Gasteiger partial charge on any atom is 0.337 e. The Hall–Kier alpha value is -3.55. The van der Waals surface area contributed by atoms with Crippen molar-refractivity contribution in [1.82, 2.24) is 5.43 Å². The molecule has 0 aliphatic carbocycles. The fraction of sp³-hybridized carbons (Fsp3) is 0.0588. The summed E-state index contributed by atoms with van der Waals surface area (Å²) in [5.74, 6) is -2.89. The van der Waals surface area contributed by atoms with Gasteiger partial charge in [-0.25, -0.2) is 14.6 Å². The Morgan fingerprint density at radius 1 is 1.08 bits per heavy atom. The first-order valence-corrected chi connectivity index (χ1v) is 7.08. The van der Waals surface area contributed by atoms with Crippen molar-refractivity contribution in [2.24, 2.45) is 5.10 Å². The van der Waals surface area contributed by atoms with E-state index >= 15 is 0 Å². The Kier molecular flexibility index (Phi) is 5.94. The predicted octanol–water partition coefficient (Wildman–Crippen LogP) is 1.70. The molecule has 0 saturated carbocycles. The third-order valence-electron chi connectivity index (χ3n) is 3.00. The van der Waals surface area contributed by atoms with Crippen LogP contribution >= 0.6 is 0 Å². The van der Waals surface area contributed by atoms with Crippen LogP contribution in [0, 0.1) is 5.82 Å². The summed E-state index contributed by atoms with van der Waals surface area (Å²) in [4.78, 5) is 34.7. The maximum atomic E-state index is 13.0. The lowest BCUT2D eigenvalue weighted by molar-refractivity contribution is -0.136. The third kappa shape index (κ3) is 5.24. The quantitative estimate of drug-likeness (QED) is 0.382. The van der Waals surface area contributed by atoms with Gasteiger partial charge in [0.05, 0.1) is 18.9 Å². The molecule has 2 aromatic rings. The normalized spacial score (nSPS) is 10.3. The van der Waals surface area contributed by atoms with E-state index in [1.54, 1.807) is 6.07 Å². The minimum atomic E-state index is -0.996. The summed E-state index contributed by atoms with van der Waals surface area (Å²) in [5.41, 5.74) is 3.09. The van der Waals surface area contributed by atoms with Gasteiger partial charge in [0.1, 0.15) is 5.82 Å². The zero-order chi connectivity index (χ0) is 18.2. The minimum absolute atomic E-state index is 0.310. The van der Waals surface area contributed by atoms with E-state index in [9.17, 15) is 18.8 Å². The Labute approximate surface area is 142 Å². The molecule has 128 valence electrons. The highest BCUT2D eigenvalue weighted by Gasteiger charge is 2.13. The molecule has 8 heteroatoms. The number of halogens is 1. The number of hydrogen-bond donors (Lipinski definition) is 2. The smallest absolute Gasteiger partial charge is 0.337 e. The summed E-state index contributed by atoms with van der Waals surface area (Å²) in [7, 11) is 1.26. The van der Waals surface area contributed by atoms with Crippen LogP contribution in [0.1, 0.15) is 15.9 Å². The first-order chi connectivity index (χ1) is 12.0. The number of ether oxygens (including phenoxy) is 1. The number of rotatable bonds is 4. The van der Waals surface area contributed by atoms with Gasteiger partial charge < -0.3 is 10.1 Å². The number of hydrazone groups is 1. The highest BCUT2D eigenvalue weighted by atomic mass is 19.1. The van der Waals surface area contributed by atoms with Crippen LogP contribution in [0.3, 0.4) is 0 Å². The standard InChI is InChI=1S/C17H14FN3O4/c1-25-17(24)12-5-7-14(8-6-12)20-15(22)16(23)21-19-10-11-3-2-4-13(18)9-11/h2-10H,1H3,(H,20,22)(H,21,23)/b19-10+. The number of amides is 2. The Bertz CT molecular complexity index is 819. The van der Waals surface area contributed by atoms with E-state index in [-0.39, 0.29) is 0 Å². The zero-order valence-corrected chi connectivity index (χ0v) is 13.2. The summed E-state index contributed by atoms with van der Waals surface area (Å²) in [5, 5.41) is 5.93. The van der Waals surface area contributed by atoms with Gasteiger partial charge in [0, 0.05) is 5.69 Å². The van der Waals surface area contributed by atoms with Gasteiger partial charge in [-0.05, 0) is 42.0 Å². The van der Waals surface area contributed by atoms with Crippen molar-refractivity contribution < 1.29 is 23.5 Å². The summed E-state index contributed by atoms with van der Waals surface area (Å²) in [6, 6.07) is 11.4. The van der Waals surface area contributed by atoms with Crippen molar-refractivity contribution in [3.63, 3.8) is 0 Å². The van der Waals surface area contributed by atoms with Crippen LogP contribution in [0.15, 0.2) is 53.6 Å². The van der Waals surface area contributed by atoms with Crippen molar-refractivity contribution in [3.05, 3.63) is 65.5 Å². The second-order valence-corrected chi connectivity index (χ2v) is 4.78. The van der Waals surface area contributed by atoms with E-state index in [2.05, 4.69) is 15.2 Å². The van der Waals surface area contributed by atoms with E-state index in [4.69, 9.17) is 0 Å². The number of carbonyl (C=O) groups excluding carboxylic acids is 3. The average molecular weight is 343 g/mol. The van der Waals surface area contributed by atoms with Gasteiger partial charge in [0.15, 0.2) is 0 Å². The van der Waals surface area contributed by atoms with E-state index in [0.29, 0.717) is 16.8 Å². The molecule has 0 aromatic heterocycles. The molecule has 7 nitrogen and oxygen atoms in total. The molecule has 0 heterocycles. The fourth-order valence-corrected chi connectivity index (χ4v) is 1.80. The van der Waals surface area contributed by atoms with Crippen molar-refractivity contribution in [3.8, 4) is 0 Å². The highest BCUT2D eigenvalue weighted by molar-refractivity contribution is 6.39. The van der Waals surface area contributed by atoms with Crippen LogP contribution in [0.4, 0.5) is 10.1 Å². The van der Waals surface area contributed by atoms with E-state index in [1.807, 2.05) is 5.43 Å². The number of esters is 1. The van der Waals surface area contributed by atoms with Gasteiger partial charge in [-0.1, -0.05) is 12.1 Å². The number of hydrogen-bond acceptors (Lipinski definition) is 5. The van der Waals surface area contributed by atoms with E-state index in [0.717, 1.165) is 0 Å². The van der Waals surface area contributed by atoms with Crippen LogP contribution in [0.25, 0.3) is 0 Å². The molecule has 2 rings (SSSR count). The lowest BCUT2D eigenvalue weighted by atomic mass is 10.2. The maximum absolute atomic E-state index is 13.0. The first-order valence-electron chi connectivity index (χ1n) is 7.08. The van der Waals surface area contributed by atoms with Crippen molar-refractivity contribution >= 4 is 29.7 Å². The zero-order valence-electron chi connectivity index (χ0n) is 13.2. The number of nitrogens with one attached hydrogen (secondary N) is 2. The molecule has 0 spiro atoms. The van der Waals surface area contributed by atoms with Crippen molar-refractivity contribution in [2.75, 3.05) is 12.4 Å². The van der Waals surface area contributed by atoms with Gasteiger partial charge in [0.25, 0.3) is 0 Å². The molecule has 0 saturated heterocycles. The number of methoxy groups -OCH3 is 1. The molecular formula is C17H14FN3O4. The molecule has 0 fully saturated rings.